The molecule has 5 rings (SSSR count). The minimum Gasteiger partial charge on any atom is -0.477 e. The summed E-state index contributed by atoms with van der Waals surface area (Å²) in [5, 5.41) is 3.15. The van der Waals surface area contributed by atoms with Crippen LogP contribution in [0.5, 0.6) is 5.75 Å². The van der Waals surface area contributed by atoms with Gasteiger partial charge in [-0.25, -0.2) is 12.8 Å². The number of halogens is 3. The van der Waals surface area contributed by atoms with Crippen molar-refractivity contribution in [3.05, 3.63) is 124 Å². The number of nitrogens with zero attached hydrogens (tertiary/aromatic N) is 2. The van der Waals surface area contributed by atoms with Gasteiger partial charge in [-0.1, -0.05) is 71.7 Å². The molecule has 0 radical (unpaired) electrons. The predicted octanol–water partition coefficient (Wildman–Crippen LogP) is 5.43. The molecule has 8 nitrogen and oxygen atoms in total. The third-order valence-corrected chi connectivity index (χ3v) is 9.25. The van der Waals surface area contributed by atoms with Crippen molar-refractivity contribution in [3.63, 3.8) is 0 Å². The number of nitrogens with one attached hydrogen (secondary N) is 1. The van der Waals surface area contributed by atoms with Crippen LogP contribution in [0.4, 0.5) is 10.1 Å². The third kappa shape index (κ3) is 7.00. The molecule has 2 amide bonds. The SMILES string of the molecule is O=C(NCc1ccccc1)[C@H]1CN(C(=O)CN(Cc2c(F)cccc2Cl)S(=O)(=O)c2ccc(Cl)cc2)c2ccccc2O1. The number of fused-ring (bicyclic) bond motifs is 1. The zero-order valence-corrected chi connectivity index (χ0v) is 24.9. The highest BCUT2D eigenvalue weighted by Gasteiger charge is 2.36. The number of carbonyl (C=O) groups is 2. The van der Waals surface area contributed by atoms with Crippen molar-refractivity contribution < 1.29 is 27.1 Å². The van der Waals surface area contributed by atoms with E-state index in [0.717, 1.165) is 15.9 Å². The van der Waals surface area contributed by atoms with Crippen LogP contribution in [0.3, 0.4) is 0 Å². The lowest BCUT2D eigenvalue weighted by Crippen LogP contribution is -2.52. The fourth-order valence-electron chi connectivity index (χ4n) is 4.58. The monoisotopic (exact) mass is 641 g/mol. The van der Waals surface area contributed by atoms with Crippen LogP contribution in [0.1, 0.15) is 11.1 Å². The van der Waals surface area contributed by atoms with Crippen molar-refractivity contribution in [1.29, 1.82) is 0 Å². The van der Waals surface area contributed by atoms with Crippen molar-refractivity contribution in [2.75, 3.05) is 18.0 Å². The second-order valence-corrected chi connectivity index (χ2v) is 12.5. The van der Waals surface area contributed by atoms with Gasteiger partial charge < -0.3 is 15.0 Å². The Balaban J connectivity index is 1.43. The molecule has 1 N–H and O–H groups in total. The maximum absolute atomic E-state index is 14.8. The second-order valence-electron chi connectivity index (χ2n) is 9.71. The van der Waals surface area contributed by atoms with Crippen molar-refractivity contribution in [2.24, 2.45) is 0 Å². The number of hydrogen-bond donors (Lipinski definition) is 1. The first-order valence-electron chi connectivity index (χ1n) is 13.2. The summed E-state index contributed by atoms with van der Waals surface area (Å²) in [7, 11) is -4.34. The van der Waals surface area contributed by atoms with Gasteiger partial charge in [0.2, 0.25) is 15.9 Å². The third-order valence-electron chi connectivity index (χ3n) is 6.84. The van der Waals surface area contributed by atoms with Crippen molar-refractivity contribution in [2.45, 2.75) is 24.1 Å². The standard InChI is InChI=1S/C31H26Cl2FN3O5S/c32-22-13-15-23(16-14-22)43(40,41)36(18-24-25(33)9-6-10-26(24)34)20-30(38)37-19-29(42-28-12-5-4-11-27(28)37)31(39)35-17-21-7-2-1-3-8-21/h1-16,29H,17-20H2,(H,35,39)/t29-/m1/s1. The summed E-state index contributed by atoms with van der Waals surface area (Å²) in [4.78, 5) is 28.2. The number of carbonyl (C=O) groups excluding carboxylic acids is 2. The fraction of sp³-hybridized carbons (Fsp3) is 0.161. The minimum atomic E-state index is -4.34. The average Bonchev–Trinajstić information content (AvgIpc) is 3.01. The largest absolute Gasteiger partial charge is 0.477 e. The van der Waals surface area contributed by atoms with Crippen LogP contribution in [-0.4, -0.2) is 43.7 Å². The van der Waals surface area contributed by atoms with Crippen molar-refractivity contribution in [3.8, 4) is 5.75 Å². The number of amides is 2. The number of benzene rings is 4. The van der Waals surface area contributed by atoms with Gasteiger partial charge in [0.1, 0.15) is 11.6 Å². The molecule has 1 aliphatic heterocycles. The summed E-state index contributed by atoms with van der Waals surface area (Å²) in [6.07, 6.45) is -1.06. The summed E-state index contributed by atoms with van der Waals surface area (Å²) in [6, 6.07) is 25.4. The summed E-state index contributed by atoms with van der Waals surface area (Å²) >= 11 is 12.2. The highest BCUT2D eigenvalue weighted by Crippen LogP contribution is 2.34. The quantitative estimate of drug-likeness (QED) is 0.263. The average molecular weight is 643 g/mol. The van der Waals surface area contributed by atoms with E-state index in [1.165, 1.54) is 41.3 Å². The number of hydrogen-bond acceptors (Lipinski definition) is 5. The number of ether oxygens (including phenoxy) is 1. The normalized spacial score (nSPS) is 14.6. The van der Waals surface area contributed by atoms with E-state index in [2.05, 4.69) is 5.32 Å². The Labute approximate surface area is 258 Å². The number of rotatable bonds is 9. The molecule has 0 bridgehead atoms. The lowest BCUT2D eigenvalue weighted by molar-refractivity contribution is -0.128. The molecule has 0 fully saturated rings. The van der Waals surface area contributed by atoms with Crippen LogP contribution in [0.2, 0.25) is 10.0 Å². The molecule has 0 spiro atoms. The molecule has 222 valence electrons. The van der Waals surface area contributed by atoms with Gasteiger partial charge in [0.25, 0.3) is 5.91 Å². The summed E-state index contributed by atoms with van der Waals surface area (Å²) in [5.74, 6) is -1.53. The lowest BCUT2D eigenvalue weighted by Gasteiger charge is -2.35. The zero-order valence-electron chi connectivity index (χ0n) is 22.6. The van der Waals surface area contributed by atoms with E-state index in [1.807, 2.05) is 30.3 Å². The van der Waals surface area contributed by atoms with Gasteiger partial charge in [-0.3, -0.25) is 9.59 Å². The highest BCUT2D eigenvalue weighted by atomic mass is 35.5. The molecular formula is C31H26Cl2FN3O5S. The lowest BCUT2D eigenvalue weighted by atomic mass is 10.1. The maximum Gasteiger partial charge on any atom is 0.263 e. The molecule has 0 saturated carbocycles. The van der Waals surface area contributed by atoms with E-state index >= 15 is 0 Å². The molecular weight excluding hydrogens is 616 g/mol. The number of sulfonamides is 1. The van der Waals surface area contributed by atoms with E-state index in [9.17, 15) is 22.4 Å². The Kier molecular flexibility index (Phi) is 9.31. The number of anilines is 1. The highest BCUT2D eigenvalue weighted by molar-refractivity contribution is 7.89. The van der Waals surface area contributed by atoms with Gasteiger partial charge in [-0.15, -0.1) is 0 Å². The van der Waals surface area contributed by atoms with Crippen LogP contribution in [-0.2, 0) is 32.7 Å². The van der Waals surface area contributed by atoms with Crippen molar-refractivity contribution >= 4 is 50.7 Å². The Morgan fingerprint density at radius 1 is 0.930 bits per heavy atom. The van der Waals surface area contributed by atoms with E-state index < -0.39 is 46.8 Å². The second kappa shape index (κ2) is 13.1. The minimum absolute atomic E-state index is 0.00984. The summed E-state index contributed by atoms with van der Waals surface area (Å²) in [6.45, 7) is -1.12. The van der Waals surface area contributed by atoms with Gasteiger partial charge in [-0.2, -0.15) is 4.31 Å². The first kappa shape index (κ1) is 30.5. The Hall–Kier alpha value is -3.96. The first-order chi connectivity index (χ1) is 20.6. The smallest absolute Gasteiger partial charge is 0.263 e. The van der Waals surface area contributed by atoms with Gasteiger partial charge in [0.15, 0.2) is 6.10 Å². The molecule has 1 atom stereocenters. The van der Waals surface area contributed by atoms with Gasteiger partial charge in [0, 0.05) is 28.7 Å². The van der Waals surface area contributed by atoms with Crippen LogP contribution < -0.4 is 15.0 Å². The number of para-hydroxylation sites is 2. The van der Waals surface area contributed by atoms with E-state index in [-0.39, 0.29) is 34.3 Å². The predicted molar refractivity (Wildman–Crippen MR) is 162 cm³/mol. The Morgan fingerprint density at radius 2 is 1.63 bits per heavy atom. The van der Waals surface area contributed by atoms with Crippen molar-refractivity contribution in [1.82, 2.24) is 9.62 Å². The molecule has 0 unspecified atom stereocenters. The maximum atomic E-state index is 14.8. The molecule has 4 aromatic rings. The molecule has 0 saturated heterocycles. The van der Waals surface area contributed by atoms with Gasteiger partial charge >= 0.3 is 0 Å². The zero-order chi connectivity index (χ0) is 30.6. The van der Waals surface area contributed by atoms with Crippen LogP contribution in [0.25, 0.3) is 0 Å². The fourth-order valence-corrected chi connectivity index (χ4v) is 6.29. The van der Waals surface area contributed by atoms with E-state index in [4.69, 9.17) is 27.9 Å². The molecule has 12 heteroatoms. The molecule has 0 aromatic heterocycles. The first-order valence-corrected chi connectivity index (χ1v) is 15.4. The molecule has 1 aliphatic rings. The molecule has 0 aliphatic carbocycles. The van der Waals surface area contributed by atoms with Crippen LogP contribution in [0, 0.1) is 5.82 Å². The molecule has 43 heavy (non-hydrogen) atoms. The van der Waals surface area contributed by atoms with Crippen LogP contribution in [0.15, 0.2) is 102 Å². The van der Waals surface area contributed by atoms with E-state index in [0.29, 0.717) is 10.7 Å². The Morgan fingerprint density at radius 3 is 2.35 bits per heavy atom. The van der Waals surface area contributed by atoms with Gasteiger partial charge in [-0.05, 0) is 54.1 Å². The van der Waals surface area contributed by atoms with E-state index in [1.54, 1.807) is 24.3 Å². The van der Waals surface area contributed by atoms with Crippen LogP contribution >= 0.6 is 23.2 Å². The molecule has 1 heterocycles. The summed E-state index contributed by atoms with van der Waals surface area (Å²) in [5.41, 5.74) is 1.16. The topological polar surface area (TPSA) is 96.0 Å². The van der Waals surface area contributed by atoms with Gasteiger partial charge in [0.05, 0.1) is 23.7 Å². The Bertz CT molecular complexity index is 1720. The molecule has 4 aromatic carbocycles. The summed E-state index contributed by atoms with van der Waals surface area (Å²) < 4.78 is 49.1.